The maximum atomic E-state index is 13.9. The van der Waals surface area contributed by atoms with Crippen molar-refractivity contribution in [2.75, 3.05) is 17.7 Å². The number of imidazole rings is 1. The number of phenols is 1. The number of aromatic hydroxyl groups is 1. The standard InChI is InChI=1S/C28H27N7O4.C11H10BNO3.C11H8BrNO.C6H6O.C5H3Br2N.C2HF3O.2C2H4O2.Cu/c1-28(2,3)39-27(37)33(4)18-9-8-10-19(15-18)35-25-23(24(29)31-17-32-25)34(26(35)36)20-13-14-22(30-16-20)38-21-11-6-5-7-12-21;14-12(15)9-6-7-11(13-8-9)16-10-4-2-1-3-5-10;12-9-6-7-11(13-8-9)14-10-4-2-1-3-5-10;7-6-4-2-1-3-5-6;6-4-1-2-5(7)8-3-4;3-2(4,5)1-6;2*1-2(3)4;/h5-17H,1-4H3,(H2,29,31,32);1-8,14-15H;1-8H;1-5,7H;1-3H;1H;2*1H3,(H,3,4);. The third-order valence-electron chi connectivity index (χ3n) is 11.0. The Kier molecular flexibility index (Phi) is 35.5. The first-order valence-electron chi connectivity index (χ1n) is 28.3. The number of nitrogen functional groups attached to an aromatic ring is 1. The number of carboxylic acids is 2. The molecule has 521 valence electrons. The monoisotopic (exact) mass is 1600 g/mol. The van der Waals surface area contributed by atoms with Crippen molar-refractivity contribution in [2.45, 2.75) is 46.4 Å². The Balaban J connectivity index is 0.000000348. The first kappa shape index (κ1) is 82.9. The normalized spacial score (nSPS) is 10.0. The zero-order valence-electron chi connectivity index (χ0n) is 53.1. The van der Waals surface area contributed by atoms with E-state index < -0.39 is 48.9 Å². The molecule has 99 heavy (non-hydrogen) atoms. The van der Waals surface area contributed by atoms with Gasteiger partial charge in [-0.3, -0.25) is 23.9 Å². The number of ether oxygens (including phenoxy) is 4. The number of aliphatic carboxylic acids is 2. The van der Waals surface area contributed by atoms with Gasteiger partial charge in [0.15, 0.2) is 11.5 Å². The quantitative estimate of drug-likeness (QED) is 0.0421. The summed E-state index contributed by atoms with van der Waals surface area (Å²) >= 11 is 9.79. The number of hydrogen-bond acceptors (Lipinski definition) is 19. The molecule has 32 heteroatoms. The summed E-state index contributed by atoms with van der Waals surface area (Å²) in [5.41, 5.74) is 7.55. The fourth-order valence-electron chi connectivity index (χ4n) is 7.00. The van der Waals surface area contributed by atoms with Crippen LogP contribution in [0.4, 0.5) is 29.5 Å². The van der Waals surface area contributed by atoms with Crippen LogP contribution in [0.25, 0.3) is 22.5 Å². The van der Waals surface area contributed by atoms with Crippen molar-refractivity contribution >= 4 is 107 Å². The predicted molar refractivity (Wildman–Crippen MR) is 373 cm³/mol. The van der Waals surface area contributed by atoms with Crippen molar-refractivity contribution in [3.8, 4) is 52.0 Å². The molecule has 0 aliphatic heterocycles. The number of anilines is 2. The van der Waals surface area contributed by atoms with Crippen LogP contribution in [-0.4, -0.2) is 115 Å². The number of aldehydes is 1. The Morgan fingerprint density at radius 1 is 0.576 bits per heavy atom. The van der Waals surface area contributed by atoms with Crippen LogP contribution in [0.5, 0.6) is 40.6 Å². The van der Waals surface area contributed by atoms with Gasteiger partial charge in [0.2, 0.25) is 23.9 Å². The van der Waals surface area contributed by atoms with Crippen LogP contribution in [0.15, 0.2) is 244 Å². The van der Waals surface area contributed by atoms with E-state index in [1.807, 2.05) is 121 Å². The van der Waals surface area contributed by atoms with Gasteiger partial charge in [0.1, 0.15) is 45.0 Å². The summed E-state index contributed by atoms with van der Waals surface area (Å²) in [6.07, 6.45) is 1.40. The molecule has 5 aromatic carbocycles. The molecular formula is C67H63BBr3CuF3N10O14. The van der Waals surface area contributed by atoms with Gasteiger partial charge in [-0.2, -0.15) is 13.2 Å². The maximum absolute atomic E-state index is 13.9. The van der Waals surface area contributed by atoms with Gasteiger partial charge < -0.3 is 50.0 Å². The minimum atomic E-state index is -4.64. The van der Waals surface area contributed by atoms with E-state index in [1.54, 1.807) is 113 Å². The molecule has 0 spiro atoms. The topological polar surface area (TPSA) is 340 Å². The largest absolute Gasteiger partial charge is 0.508 e. The van der Waals surface area contributed by atoms with Crippen LogP contribution in [0.3, 0.4) is 0 Å². The van der Waals surface area contributed by atoms with Gasteiger partial charge in [-0.25, -0.2) is 44.1 Å². The Labute approximate surface area is 601 Å². The zero-order chi connectivity index (χ0) is 72.4. The van der Waals surface area contributed by atoms with E-state index in [0.717, 1.165) is 33.1 Å². The van der Waals surface area contributed by atoms with Crippen LogP contribution in [-0.2, 0) is 36.2 Å². The number of fused-ring (bicyclic) bond motifs is 1. The summed E-state index contributed by atoms with van der Waals surface area (Å²) in [6, 6.07) is 57.7. The van der Waals surface area contributed by atoms with Gasteiger partial charge in [-0.1, -0.05) is 84.9 Å². The van der Waals surface area contributed by atoms with Crippen LogP contribution >= 0.6 is 47.8 Å². The molecule has 0 aliphatic rings. The number of carbonyl (C=O) groups is 4. The molecule has 11 aromatic rings. The molecule has 0 atom stereocenters. The minimum absolute atomic E-state index is 0. The van der Waals surface area contributed by atoms with Crippen molar-refractivity contribution in [2.24, 2.45) is 0 Å². The first-order valence-corrected chi connectivity index (χ1v) is 30.6. The second kappa shape index (κ2) is 42.4. The van der Waals surface area contributed by atoms with E-state index in [-0.39, 0.29) is 22.9 Å². The molecule has 11 rings (SSSR count). The van der Waals surface area contributed by atoms with Gasteiger partial charge in [0, 0.05) is 94.8 Å². The van der Waals surface area contributed by atoms with Crippen molar-refractivity contribution in [1.82, 2.24) is 39.0 Å². The number of para-hydroxylation sites is 4. The van der Waals surface area contributed by atoms with E-state index in [2.05, 4.69) is 77.7 Å². The molecule has 24 nitrogen and oxygen atoms in total. The number of carboxylic acid groups (broad SMARTS) is 2. The number of phenolic OH excluding ortho intramolecular Hbond substituents is 1. The third-order valence-corrected chi connectivity index (χ3v) is 12.4. The summed E-state index contributed by atoms with van der Waals surface area (Å²) in [7, 11) is 0.0997. The molecular weight excluding hydrogens is 1540 g/mol. The number of aromatic nitrogens is 8. The summed E-state index contributed by atoms with van der Waals surface area (Å²) < 4.78 is 59.1. The van der Waals surface area contributed by atoms with Gasteiger partial charge in [0.25, 0.3) is 11.9 Å². The molecule has 0 saturated carbocycles. The van der Waals surface area contributed by atoms with E-state index in [9.17, 15) is 22.8 Å². The maximum Gasteiger partial charge on any atom is 0.490 e. The van der Waals surface area contributed by atoms with Crippen LogP contribution in [0, 0.1) is 0 Å². The van der Waals surface area contributed by atoms with Gasteiger partial charge in [-0.05, 0) is 160 Å². The fourth-order valence-corrected chi connectivity index (χ4v) is 7.71. The second-order valence-corrected chi connectivity index (χ2v) is 22.6. The number of benzene rings is 5. The average molecular weight is 1600 g/mol. The molecule has 7 N–H and O–H groups in total. The molecule has 0 unspecified atom stereocenters. The summed E-state index contributed by atoms with van der Waals surface area (Å²) in [5, 5.41) is 41.2. The number of pyridine rings is 4. The SMILES string of the molecule is Brc1ccc(Br)nc1.Brc1ccc(Oc2ccccc2)nc1.CC(=O)O.CC(=O)O.CN(C(=O)OC(C)(C)C)c1cccc(-n2c(=O)n(-c3ccc(Oc4ccccc4)nc3)c3c(N)ncnc32)c1.O=CC(F)(F)F.OB(O)c1ccc(Oc2ccccc2)nc1.Oc1ccccc1.[Cu]. The van der Waals surface area contributed by atoms with Crippen LogP contribution < -0.4 is 36.0 Å². The van der Waals surface area contributed by atoms with Crippen molar-refractivity contribution in [1.29, 1.82) is 0 Å². The number of nitrogens with zero attached hydrogens (tertiary/aromatic N) is 9. The summed E-state index contributed by atoms with van der Waals surface area (Å²) in [6.45, 7) is 7.55. The predicted octanol–water partition coefficient (Wildman–Crippen LogP) is 13.8. The number of carbonyl (C=O) groups excluding carboxylic acids is 2. The third kappa shape index (κ3) is 32.1. The first-order chi connectivity index (χ1) is 46.4. The van der Waals surface area contributed by atoms with E-state index in [1.165, 1.54) is 32.8 Å². The number of halogens is 6. The number of hydrogen-bond donors (Lipinski definition) is 6. The Bertz CT molecular complexity index is 4240. The van der Waals surface area contributed by atoms with Crippen LogP contribution in [0.2, 0.25) is 0 Å². The molecule has 6 aromatic heterocycles. The Morgan fingerprint density at radius 3 is 1.37 bits per heavy atom. The zero-order valence-corrected chi connectivity index (χ0v) is 58.8. The fraction of sp³-hybridized carbons (Fsp3) is 0.119. The molecule has 1 radical (unpaired) electrons. The van der Waals surface area contributed by atoms with Gasteiger partial charge in [-0.15, -0.1) is 0 Å². The number of alkyl halides is 3. The van der Waals surface area contributed by atoms with Crippen molar-refractivity contribution < 1.29 is 93.7 Å². The van der Waals surface area contributed by atoms with Crippen molar-refractivity contribution in [3.63, 3.8) is 0 Å². The molecule has 0 saturated heterocycles. The Hall–Kier alpha value is -10.3. The van der Waals surface area contributed by atoms with E-state index in [4.69, 9.17) is 64.4 Å². The average Bonchev–Trinajstić information content (AvgIpc) is 1.59. The van der Waals surface area contributed by atoms with Gasteiger partial charge in [0.05, 0.1) is 17.6 Å². The molecule has 0 bridgehead atoms. The number of rotatable bonds is 10. The smallest absolute Gasteiger partial charge is 0.490 e. The molecule has 0 fully saturated rings. The second-order valence-electron chi connectivity index (χ2n) is 20.0. The van der Waals surface area contributed by atoms with Crippen LogP contribution in [0.1, 0.15) is 34.6 Å². The van der Waals surface area contributed by atoms with Crippen molar-refractivity contribution in [3.05, 3.63) is 249 Å². The summed E-state index contributed by atoms with van der Waals surface area (Å²) in [4.78, 5) is 79.4. The van der Waals surface area contributed by atoms with E-state index >= 15 is 0 Å². The summed E-state index contributed by atoms with van der Waals surface area (Å²) in [5.74, 6) is 2.28. The molecule has 6 heterocycles. The number of nitrogens with two attached hydrogens (primary N) is 1. The molecule has 1 amide bonds. The van der Waals surface area contributed by atoms with E-state index in [0.29, 0.717) is 68.6 Å². The number of amides is 1. The van der Waals surface area contributed by atoms with Gasteiger partial charge >= 0.3 is 25.1 Å². The minimum Gasteiger partial charge on any atom is -0.508 e. The molecule has 0 aliphatic carbocycles. The Morgan fingerprint density at radius 2 is 1.01 bits per heavy atom.